The molecule has 1 N–H and O–H groups in total. The Morgan fingerprint density at radius 3 is 2.08 bits per heavy atom. The molecule has 8 nitrogen and oxygen atoms in total. The molecule has 0 radical (unpaired) electrons. The lowest BCUT2D eigenvalue weighted by atomic mass is 9.91. The van der Waals surface area contributed by atoms with E-state index < -0.39 is 14.9 Å². The van der Waals surface area contributed by atoms with Gasteiger partial charge in [0.05, 0.1) is 9.82 Å². The van der Waals surface area contributed by atoms with Gasteiger partial charge in [-0.05, 0) is 56.2 Å². The first-order valence-electron chi connectivity index (χ1n) is 12.1. The minimum Gasteiger partial charge on any atom is -0.379 e. The number of nitrogens with one attached hydrogen (secondary N) is 1. The number of sulfonamides is 1. The summed E-state index contributed by atoms with van der Waals surface area (Å²) in [4.78, 5) is 13.5. The van der Waals surface area contributed by atoms with Crippen LogP contribution in [0.3, 0.4) is 0 Å². The highest BCUT2D eigenvalue weighted by Gasteiger charge is 2.32. The van der Waals surface area contributed by atoms with Crippen LogP contribution in [0.15, 0.2) is 83.8 Å². The molecule has 1 saturated heterocycles. The highest BCUT2D eigenvalue weighted by Crippen LogP contribution is 2.32. The number of hydrogen-bond acceptors (Lipinski definition) is 6. The number of nitro benzene ring substituents is 1. The number of likely N-dealkylation sites (tertiary alicyclic amines) is 1. The molecule has 0 bridgehead atoms. The van der Waals surface area contributed by atoms with Crippen LogP contribution in [0.2, 0.25) is 0 Å². The first kappa shape index (κ1) is 25.8. The molecule has 3 aromatic carbocycles. The zero-order valence-electron chi connectivity index (χ0n) is 20.6. The Bertz CT molecular complexity index is 1240. The van der Waals surface area contributed by atoms with Crippen molar-refractivity contribution in [3.8, 4) is 0 Å². The van der Waals surface area contributed by atoms with Gasteiger partial charge in [-0.1, -0.05) is 60.7 Å². The fraction of sp³-hybridized carbons (Fsp3) is 0.333. The number of nitro groups is 1. The first-order valence-corrected chi connectivity index (χ1v) is 13.5. The van der Waals surface area contributed by atoms with Crippen LogP contribution in [0.4, 0.5) is 11.4 Å². The fourth-order valence-corrected chi connectivity index (χ4v) is 6.14. The van der Waals surface area contributed by atoms with E-state index in [9.17, 15) is 18.5 Å². The average molecular weight is 509 g/mol. The Hall–Kier alpha value is -3.27. The van der Waals surface area contributed by atoms with Gasteiger partial charge in [-0.3, -0.25) is 10.1 Å². The second kappa shape index (κ2) is 11.2. The molecule has 190 valence electrons. The summed E-state index contributed by atoms with van der Waals surface area (Å²) in [5, 5.41) is 15.2. The van der Waals surface area contributed by atoms with Gasteiger partial charge < -0.3 is 10.2 Å². The molecule has 9 heteroatoms. The van der Waals surface area contributed by atoms with Crippen LogP contribution < -0.4 is 5.32 Å². The maximum atomic E-state index is 13.3. The highest BCUT2D eigenvalue weighted by atomic mass is 32.2. The molecule has 0 atom stereocenters. The van der Waals surface area contributed by atoms with Crippen molar-refractivity contribution < 1.29 is 13.3 Å². The van der Waals surface area contributed by atoms with Crippen LogP contribution in [0, 0.1) is 10.1 Å². The zero-order chi connectivity index (χ0) is 25.7. The predicted molar refractivity (Wildman–Crippen MR) is 142 cm³/mol. The summed E-state index contributed by atoms with van der Waals surface area (Å²) in [5.74, 6) is -0.0361. The molecule has 36 heavy (non-hydrogen) atoms. The summed E-state index contributed by atoms with van der Waals surface area (Å²) in [6.07, 6.45) is 1.46. The fourth-order valence-electron chi connectivity index (χ4n) is 4.70. The van der Waals surface area contributed by atoms with Crippen molar-refractivity contribution in [1.82, 2.24) is 9.21 Å². The lowest BCUT2D eigenvalue weighted by Crippen LogP contribution is -2.44. The van der Waals surface area contributed by atoms with Crippen molar-refractivity contribution in [3.05, 3.63) is 100 Å². The zero-order valence-corrected chi connectivity index (χ0v) is 21.4. The smallest absolute Gasteiger partial charge is 0.293 e. The van der Waals surface area contributed by atoms with E-state index in [4.69, 9.17) is 0 Å². The Balaban J connectivity index is 1.58. The third kappa shape index (κ3) is 5.75. The van der Waals surface area contributed by atoms with E-state index >= 15 is 0 Å². The normalized spacial score (nSPS) is 15.3. The topological polar surface area (TPSA) is 95.8 Å². The van der Waals surface area contributed by atoms with E-state index in [0.29, 0.717) is 6.54 Å². The van der Waals surface area contributed by atoms with Gasteiger partial charge in [-0.15, -0.1) is 0 Å². The van der Waals surface area contributed by atoms with Crippen LogP contribution >= 0.6 is 0 Å². The summed E-state index contributed by atoms with van der Waals surface area (Å²) in [6, 6.07) is 23.9. The molecule has 3 aromatic rings. The quantitative estimate of drug-likeness (QED) is 0.336. The Labute approximate surface area is 212 Å². The molecule has 0 aliphatic carbocycles. The van der Waals surface area contributed by atoms with Crippen molar-refractivity contribution in [3.63, 3.8) is 0 Å². The van der Waals surface area contributed by atoms with Crippen LogP contribution in [0.5, 0.6) is 0 Å². The monoisotopic (exact) mass is 508 g/mol. The lowest BCUT2D eigenvalue weighted by molar-refractivity contribution is -0.384. The second-order valence-electron chi connectivity index (χ2n) is 9.25. The highest BCUT2D eigenvalue weighted by molar-refractivity contribution is 7.89. The predicted octanol–water partition coefficient (Wildman–Crippen LogP) is 4.55. The van der Waals surface area contributed by atoms with Crippen LogP contribution in [0.25, 0.3) is 0 Å². The summed E-state index contributed by atoms with van der Waals surface area (Å²) in [6.45, 7) is 2.05. The molecule has 1 fully saturated rings. The Morgan fingerprint density at radius 2 is 1.56 bits per heavy atom. The van der Waals surface area contributed by atoms with Crippen LogP contribution in [-0.4, -0.2) is 62.3 Å². The maximum Gasteiger partial charge on any atom is 0.293 e. The molecule has 0 saturated carbocycles. The van der Waals surface area contributed by atoms with Crippen LogP contribution in [0.1, 0.15) is 29.9 Å². The number of benzene rings is 3. The molecule has 0 aromatic heterocycles. The molecule has 1 aliphatic rings. The minimum absolute atomic E-state index is 0.0361. The maximum absolute atomic E-state index is 13.3. The second-order valence-corrected chi connectivity index (χ2v) is 11.2. The largest absolute Gasteiger partial charge is 0.379 e. The van der Waals surface area contributed by atoms with E-state index in [-0.39, 0.29) is 28.2 Å². The average Bonchev–Trinajstić information content (AvgIpc) is 2.90. The molecule has 0 unspecified atom stereocenters. The summed E-state index contributed by atoms with van der Waals surface area (Å²) >= 11 is 0. The number of rotatable bonds is 9. The standard InChI is InChI=1S/C27H32N4O4S/c1-29-17-15-23(16-18-29)30(2)36(34,35)24-13-14-26(27(19-24)31(32)33)28-20-25(21-9-5-3-6-10-21)22-11-7-4-8-12-22/h3-14,19,23,25,28H,15-18,20H2,1-2H3. The molecule has 0 spiro atoms. The number of nitrogens with zero attached hydrogens (tertiary/aromatic N) is 3. The van der Waals surface area contributed by atoms with E-state index in [0.717, 1.165) is 37.1 Å². The summed E-state index contributed by atoms with van der Waals surface area (Å²) < 4.78 is 28.0. The minimum atomic E-state index is -3.86. The number of anilines is 1. The molecule has 1 heterocycles. The SMILES string of the molecule is CN1CCC(N(C)S(=O)(=O)c2ccc(NCC(c3ccccc3)c3ccccc3)c([N+](=O)[O-])c2)CC1. The first-order chi connectivity index (χ1) is 17.3. The van der Waals surface area contributed by atoms with E-state index in [1.54, 1.807) is 7.05 Å². The van der Waals surface area contributed by atoms with Gasteiger partial charge in [0.2, 0.25) is 10.0 Å². The molecule has 0 amide bonds. The van der Waals surface area contributed by atoms with Crippen molar-refractivity contribution in [2.75, 3.05) is 39.0 Å². The number of piperidine rings is 1. The third-order valence-electron chi connectivity index (χ3n) is 6.95. The van der Waals surface area contributed by atoms with E-state index in [1.807, 2.05) is 67.7 Å². The Morgan fingerprint density at radius 1 is 1.00 bits per heavy atom. The lowest BCUT2D eigenvalue weighted by Gasteiger charge is -2.34. The van der Waals surface area contributed by atoms with Gasteiger partial charge in [0.15, 0.2) is 0 Å². The van der Waals surface area contributed by atoms with Gasteiger partial charge in [0.25, 0.3) is 5.69 Å². The molecule has 4 rings (SSSR count). The van der Waals surface area contributed by atoms with Crippen molar-refractivity contribution in [2.45, 2.75) is 29.7 Å². The van der Waals surface area contributed by atoms with Crippen molar-refractivity contribution in [1.29, 1.82) is 0 Å². The summed E-state index contributed by atoms with van der Waals surface area (Å²) in [7, 11) is -0.287. The molecular formula is C27H32N4O4S. The van der Waals surface area contributed by atoms with Crippen molar-refractivity contribution in [2.24, 2.45) is 0 Å². The molecule has 1 aliphatic heterocycles. The summed E-state index contributed by atoms with van der Waals surface area (Å²) in [5.41, 5.74) is 2.20. The van der Waals surface area contributed by atoms with E-state index in [2.05, 4.69) is 10.2 Å². The van der Waals surface area contributed by atoms with Gasteiger partial charge >= 0.3 is 0 Å². The Kier molecular flexibility index (Phi) is 8.03. The van der Waals surface area contributed by atoms with E-state index in [1.165, 1.54) is 22.5 Å². The molecular weight excluding hydrogens is 476 g/mol. The van der Waals surface area contributed by atoms with Gasteiger partial charge in [-0.2, -0.15) is 4.31 Å². The third-order valence-corrected chi connectivity index (χ3v) is 8.85. The van der Waals surface area contributed by atoms with Crippen molar-refractivity contribution >= 4 is 21.4 Å². The van der Waals surface area contributed by atoms with Gasteiger partial charge in [0, 0.05) is 31.6 Å². The number of hydrogen-bond donors (Lipinski definition) is 1. The van der Waals surface area contributed by atoms with Gasteiger partial charge in [-0.25, -0.2) is 8.42 Å². The van der Waals surface area contributed by atoms with Crippen LogP contribution in [-0.2, 0) is 10.0 Å². The van der Waals surface area contributed by atoms with Gasteiger partial charge in [0.1, 0.15) is 5.69 Å².